The Kier molecular flexibility index (Phi) is 3.01. The predicted octanol–water partition coefficient (Wildman–Crippen LogP) is 1.83. The fourth-order valence-corrected chi connectivity index (χ4v) is 2.12. The quantitative estimate of drug-likeness (QED) is 0.800. The van der Waals surface area contributed by atoms with Crippen molar-refractivity contribution in [2.24, 2.45) is 0 Å². The Hall–Kier alpha value is -2.02. The Bertz CT molecular complexity index is 491. The summed E-state index contributed by atoms with van der Waals surface area (Å²) in [6.45, 7) is 2.45. The van der Waals surface area contributed by atoms with E-state index < -0.39 is 0 Å². The SMILES string of the molecule is Cc1ccc(O)c(C(=O)N2CCCC2C#N)c1. The largest absolute Gasteiger partial charge is 0.507 e. The van der Waals surface area contributed by atoms with E-state index in [4.69, 9.17) is 5.26 Å². The average Bonchev–Trinajstić information content (AvgIpc) is 2.79. The van der Waals surface area contributed by atoms with Gasteiger partial charge in [0, 0.05) is 6.54 Å². The zero-order valence-corrected chi connectivity index (χ0v) is 9.68. The van der Waals surface area contributed by atoms with Crippen LogP contribution in [-0.2, 0) is 0 Å². The third-order valence-corrected chi connectivity index (χ3v) is 3.05. The van der Waals surface area contributed by atoms with Crippen LogP contribution in [0.4, 0.5) is 0 Å². The van der Waals surface area contributed by atoms with Crippen molar-refractivity contribution in [2.45, 2.75) is 25.8 Å². The fourth-order valence-electron chi connectivity index (χ4n) is 2.12. The molecule has 1 aliphatic rings. The molecule has 1 saturated heterocycles. The zero-order valence-electron chi connectivity index (χ0n) is 9.68. The molecule has 4 nitrogen and oxygen atoms in total. The van der Waals surface area contributed by atoms with Gasteiger partial charge in [0.2, 0.25) is 0 Å². The summed E-state index contributed by atoms with van der Waals surface area (Å²) in [4.78, 5) is 13.7. The van der Waals surface area contributed by atoms with Crippen LogP contribution in [0.3, 0.4) is 0 Å². The summed E-state index contributed by atoms with van der Waals surface area (Å²) in [5.74, 6) is -0.278. The number of hydrogen-bond donors (Lipinski definition) is 1. The van der Waals surface area contributed by atoms with Gasteiger partial charge in [-0.2, -0.15) is 5.26 Å². The van der Waals surface area contributed by atoms with Crippen molar-refractivity contribution in [1.82, 2.24) is 4.90 Å². The molecule has 4 heteroatoms. The molecule has 17 heavy (non-hydrogen) atoms. The van der Waals surface area contributed by atoms with Gasteiger partial charge in [0.25, 0.3) is 5.91 Å². The minimum atomic E-state index is -0.359. The molecule has 1 aromatic rings. The summed E-state index contributed by atoms with van der Waals surface area (Å²) in [6, 6.07) is 6.68. The van der Waals surface area contributed by atoms with Gasteiger partial charge in [-0.1, -0.05) is 11.6 Å². The van der Waals surface area contributed by atoms with E-state index in [1.54, 1.807) is 12.1 Å². The van der Waals surface area contributed by atoms with E-state index in [9.17, 15) is 9.90 Å². The zero-order chi connectivity index (χ0) is 12.4. The summed E-state index contributed by atoms with van der Waals surface area (Å²) < 4.78 is 0. The highest BCUT2D eigenvalue weighted by atomic mass is 16.3. The minimum Gasteiger partial charge on any atom is -0.507 e. The first kappa shape index (κ1) is 11.5. The van der Waals surface area contributed by atoms with Gasteiger partial charge in [-0.05, 0) is 31.9 Å². The summed E-state index contributed by atoms with van der Waals surface area (Å²) in [6.07, 6.45) is 1.56. The first-order chi connectivity index (χ1) is 8.13. The van der Waals surface area contributed by atoms with Gasteiger partial charge in [0.05, 0.1) is 11.6 Å². The fraction of sp³-hybridized carbons (Fsp3) is 0.385. The molecule has 1 fully saturated rings. The lowest BCUT2D eigenvalue weighted by molar-refractivity contribution is 0.0761. The van der Waals surface area contributed by atoms with Crippen molar-refractivity contribution >= 4 is 5.91 Å². The first-order valence-corrected chi connectivity index (χ1v) is 5.63. The third kappa shape index (κ3) is 2.09. The lowest BCUT2D eigenvalue weighted by atomic mass is 10.1. The van der Waals surface area contributed by atoms with E-state index >= 15 is 0 Å². The van der Waals surface area contributed by atoms with Crippen molar-refractivity contribution in [3.63, 3.8) is 0 Å². The van der Waals surface area contributed by atoms with Gasteiger partial charge in [0.15, 0.2) is 0 Å². The maximum absolute atomic E-state index is 12.2. The normalized spacial score (nSPS) is 19.1. The van der Waals surface area contributed by atoms with Gasteiger partial charge in [-0.15, -0.1) is 0 Å². The summed E-state index contributed by atoms with van der Waals surface area (Å²) in [7, 11) is 0. The van der Waals surface area contributed by atoms with Crippen molar-refractivity contribution < 1.29 is 9.90 Å². The number of nitrogens with zero attached hydrogens (tertiary/aromatic N) is 2. The van der Waals surface area contributed by atoms with Crippen LogP contribution in [-0.4, -0.2) is 28.5 Å². The highest BCUT2D eigenvalue weighted by molar-refractivity contribution is 5.97. The van der Waals surface area contributed by atoms with Gasteiger partial charge in [-0.25, -0.2) is 0 Å². The Morgan fingerprint density at radius 3 is 3.06 bits per heavy atom. The molecule has 1 atom stereocenters. The second-order valence-electron chi connectivity index (χ2n) is 4.31. The molecule has 1 aromatic carbocycles. The number of phenols is 1. The number of hydrogen-bond acceptors (Lipinski definition) is 3. The van der Waals surface area contributed by atoms with Gasteiger partial charge in [-0.3, -0.25) is 4.79 Å². The minimum absolute atomic E-state index is 0.0239. The molecule has 0 aliphatic carbocycles. The molecule has 0 aromatic heterocycles. The van der Waals surface area contributed by atoms with Crippen LogP contribution in [0.5, 0.6) is 5.75 Å². The number of aryl methyl sites for hydroxylation is 1. The molecule has 1 unspecified atom stereocenters. The van der Waals surface area contributed by atoms with Crippen LogP contribution >= 0.6 is 0 Å². The predicted molar refractivity (Wildman–Crippen MR) is 62.5 cm³/mol. The van der Waals surface area contributed by atoms with E-state index in [1.807, 2.05) is 6.92 Å². The molecule has 1 N–H and O–H groups in total. The topological polar surface area (TPSA) is 64.3 Å². The second-order valence-corrected chi connectivity index (χ2v) is 4.31. The summed E-state index contributed by atoms with van der Waals surface area (Å²) in [5.41, 5.74) is 1.20. The van der Waals surface area contributed by atoms with Crippen molar-refractivity contribution in [2.75, 3.05) is 6.54 Å². The molecule has 1 aliphatic heterocycles. The van der Waals surface area contributed by atoms with Crippen LogP contribution in [0.1, 0.15) is 28.8 Å². The number of amides is 1. The lowest BCUT2D eigenvalue weighted by Crippen LogP contribution is -2.34. The summed E-state index contributed by atoms with van der Waals surface area (Å²) in [5, 5.41) is 18.6. The number of phenolic OH excluding ortho intramolecular Hbond substituents is 1. The monoisotopic (exact) mass is 230 g/mol. The van der Waals surface area contributed by atoms with E-state index in [0.29, 0.717) is 6.54 Å². The van der Waals surface area contributed by atoms with Gasteiger partial charge >= 0.3 is 0 Å². The smallest absolute Gasteiger partial charge is 0.258 e. The van der Waals surface area contributed by atoms with Crippen LogP contribution in [0.2, 0.25) is 0 Å². The van der Waals surface area contributed by atoms with Crippen LogP contribution < -0.4 is 0 Å². The van der Waals surface area contributed by atoms with Crippen molar-refractivity contribution in [3.8, 4) is 11.8 Å². The maximum atomic E-state index is 12.2. The number of aromatic hydroxyl groups is 1. The Labute approximate surface area is 100 Å². The van der Waals surface area contributed by atoms with E-state index in [-0.39, 0.29) is 23.3 Å². The number of carbonyl (C=O) groups excluding carboxylic acids is 1. The molecule has 0 saturated carbocycles. The van der Waals surface area contributed by atoms with Crippen LogP contribution in [0, 0.1) is 18.3 Å². The van der Waals surface area contributed by atoms with Gasteiger partial charge in [0.1, 0.15) is 11.8 Å². The number of rotatable bonds is 1. The molecule has 0 radical (unpaired) electrons. The van der Waals surface area contributed by atoms with E-state index in [2.05, 4.69) is 6.07 Å². The van der Waals surface area contributed by atoms with Gasteiger partial charge < -0.3 is 10.0 Å². The van der Waals surface area contributed by atoms with E-state index in [1.165, 1.54) is 11.0 Å². The van der Waals surface area contributed by atoms with Crippen LogP contribution in [0.15, 0.2) is 18.2 Å². The van der Waals surface area contributed by atoms with Crippen molar-refractivity contribution in [1.29, 1.82) is 5.26 Å². The molecule has 0 bridgehead atoms. The highest BCUT2D eigenvalue weighted by Crippen LogP contribution is 2.24. The third-order valence-electron chi connectivity index (χ3n) is 3.05. The standard InChI is InChI=1S/C13H14N2O2/c1-9-4-5-12(16)11(7-9)13(17)15-6-2-3-10(15)8-14/h4-5,7,10,16H,2-3,6H2,1H3. The Morgan fingerprint density at radius 1 is 1.59 bits per heavy atom. The Morgan fingerprint density at radius 2 is 2.35 bits per heavy atom. The molecular weight excluding hydrogens is 216 g/mol. The first-order valence-electron chi connectivity index (χ1n) is 5.63. The summed E-state index contributed by atoms with van der Waals surface area (Å²) >= 11 is 0. The number of likely N-dealkylation sites (tertiary alicyclic amines) is 1. The highest BCUT2D eigenvalue weighted by Gasteiger charge is 2.30. The second kappa shape index (κ2) is 4.46. The van der Waals surface area contributed by atoms with E-state index in [0.717, 1.165) is 18.4 Å². The van der Waals surface area contributed by atoms with Crippen molar-refractivity contribution in [3.05, 3.63) is 29.3 Å². The molecule has 2 rings (SSSR count). The van der Waals surface area contributed by atoms with Crippen LogP contribution in [0.25, 0.3) is 0 Å². The molecule has 88 valence electrons. The lowest BCUT2D eigenvalue weighted by Gasteiger charge is -2.20. The number of benzene rings is 1. The molecular formula is C13H14N2O2. The maximum Gasteiger partial charge on any atom is 0.258 e. The Balaban J connectivity index is 2.31. The average molecular weight is 230 g/mol. The molecule has 0 spiro atoms. The molecule has 1 amide bonds. The molecule has 1 heterocycles. The number of carbonyl (C=O) groups is 1. The number of nitriles is 1.